The fourth-order valence-corrected chi connectivity index (χ4v) is 1.66. The molecule has 0 radical (unpaired) electrons. The molecule has 9 heteroatoms. The van der Waals surface area contributed by atoms with Crippen molar-refractivity contribution < 1.29 is 9.72 Å². The minimum Gasteiger partial charge on any atom is -0.373 e. The van der Waals surface area contributed by atoms with Crippen LogP contribution >= 0.6 is 11.6 Å². The van der Waals surface area contributed by atoms with Crippen LogP contribution < -0.4 is 10.6 Å². The molecule has 2 rings (SSSR count). The number of hydrogen-bond donors (Lipinski definition) is 2. The molecule has 1 amide bonds. The Kier molecular flexibility index (Phi) is 4.29. The van der Waals surface area contributed by atoms with Gasteiger partial charge in [-0.3, -0.25) is 14.9 Å². The van der Waals surface area contributed by atoms with Gasteiger partial charge in [0.25, 0.3) is 11.6 Å². The van der Waals surface area contributed by atoms with Crippen molar-refractivity contribution in [1.29, 1.82) is 0 Å². The predicted octanol–water partition coefficient (Wildman–Crippen LogP) is 2.33. The molecule has 0 atom stereocenters. The Balaban J connectivity index is 2.33. The second-order valence-corrected chi connectivity index (χ2v) is 4.35. The van der Waals surface area contributed by atoms with Crippen molar-refractivity contribution in [2.45, 2.75) is 0 Å². The van der Waals surface area contributed by atoms with E-state index in [-0.39, 0.29) is 17.1 Å². The van der Waals surface area contributed by atoms with Gasteiger partial charge < -0.3 is 10.6 Å². The molecule has 0 aliphatic heterocycles. The van der Waals surface area contributed by atoms with Gasteiger partial charge in [0.15, 0.2) is 0 Å². The molecule has 2 aromatic heterocycles. The highest BCUT2D eigenvalue weighted by atomic mass is 35.5. The number of hydrogen-bond acceptors (Lipinski definition) is 6. The van der Waals surface area contributed by atoms with Crippen LogP contribution in [0.1, 0.15) is 10.4 Å². The summed E-state index contributed by atoms with van der Waals surface area (Å²) in [4.78, 5) is 30.1. The first kappa shape index (κ1) is 14.7. The van der Waals surface area contributed by atoms with Gasteiger partial charge >= 0.3 is 0 Å². The fourth-order valence-electron chi connectivity index (χ4n) is 1.55. The molecule has 0 aliphatic rings. The van der Waals surface area contributed by atoms with E-state index in [1.165, 1.54) is 18.3 Å². The van der Waals surface area contributed by atoms with E-state index in [4.69, 9.17) is 11.6 Å². The molecular weight excluding hydrogens is 298 g/mol. The second kappa shape index (κ2) is 6.14. The lowest BCUT2D eigenvalue weighted by Crippen LogP contribution is -2.15. The molecular formula is C12H10ClN5O3. The summed E-state index contributed by atoms with van der Waals surface area (Å²) in [6.45, 7) is 0. The van der Waals surface area contributed by atoms with Crippen LogP contribution in [0.15, 0.2) is 30.6 Å². The molecule has 0 aromatic carbocycles. The number of nitro groups is 1. The van der Waals surface area contributed by atoms with Crippen LogP contribution in [0, 0.1) is 10.1 Å². The first-order valence-electron chi connectivity index (χ1n) is 5.76. The van der Waals surface area contributed by atoms with Crippen molar-refractivity contribution in [3.63, 3.8) is 0 Å². The molecule has 8 nitrogen and oxygen atoms in total. The van der Waals surface area contributed by atoms with Crippen molar-refractivity contribution in [3.05, 3.63) is 51.3 Å². The lowest BCUT2D eigenvalue weighted by atomic mass is 10.2. The van der Waals surface area contributed by atoms with Crippen molar-refractivity contribution in [3.8, 4) is 0 Å². The van der Waals surface area contributed by atoms with E-state index in [0.29, 0.717) is 10.8 Å². The van der Waals surface area contributed by atoms with Gasteiger partial charge in [0.2, 0.25) is 0 Å². The quantitative estimate of drug-likeness (QED) is 0.662. The summed E-state index contributed by atoms with van der Waals surface area (Å²) in [5.74, 6) is -0.0771. The van der Waals surface area contributed by atoms with Gasteiger partial charge in [-0.15, -0.1) is 0 Å². The van der Waals surface area contributed by atoms with Crippen LogP contribution in [0.3, 0.4) is 0 Å². The van der Waals surface area contributed by atoms with Crippen molar-refractivity contribution in [1.82, 2.24) is 9.97 Å². The second-order valence-electron chi connectivity index (χ2n) is 3.91. The maximum atomic E-state index is 12.1. The maximum absolute atomic E-state index is 12.1. The highest BCUT2D eigenvalue weighted by molar-refractivity contribution is 6.30. The molecule has 0 spiro atoms. The average Bonchev–Trinajstić information content (AvgIpc) is 2.48. The normalized spacial score (nSPS) is 10.0. The Bertz CT molecular complexity index is 690. The zero-order valence-corrected chi connectivity index (χ0v) is 11.6. The van der Waals surface area contributed by atoms with Crippen LogP contribution in [-0.2, 0) is 0 Å². The minimum absolute atomic E-state index is 0.115. The number of pyridine rings is 2. The first-order valence-corrected chi connectivity index (χ1v) is 6.14. The van der Waals surface area contributed by atoms with Crippen LogP contribution in [-0.4, -0.2) is 27.8 Å². The van der Waals surface area contributed by atoms with Crippen LogP contribution in [0.2, 0.25) is 5.02 Å². The molecule has 0 saturated heterocycles. The molecule has 2 aromatic rings. The summed E-state index contributed by atoms with van der Waals surface area (Å²) >= 11 is 5.69. The number of carbonyl (C=O) groups excluding carboxylic acids is 1. The summed E-state index contributed by atoms with van der Waals surface area (Å²) in [5, 5.41) is 16.5. The van der Waals surface area contributed by atoms with E-state index >= 15 is 0 Å². The lowest BCUT2D eigenvalue weighted by Gasteiger charge is -2.06. The Morgan fingerprint density at radius 1 is 1.29 bits per heavy atom. The molecule has 2 N–H and O–H groups in total. The standard InChI is InChI=1S/C12H10ClN5O3/c1-14-11-4-8(9(6-16-11)18(20)21)12(19)17-10-3-2-7(13)5-15-10/h2-6H,1H3,(H,14,16)(H,15,17,19). The van der Waals surface area contributed by atoms with Gasteiger partial charge in [0.1, 0.15) is 23.4 Å². The van der Waals surface area contributed by atoms with Crippen molar-refractivity contribution in [2.24, 2.45) is 0 Å². The van der Waals surface area contributed by atoms with Gasteiger partial charge in [-0.1, -0.05) is 11.6 Å². The third-order valence-electron chi connectivity index (χ3n) is 2.55. The topological polar surface area (TPSA) is 110 Å². The largest absolute Gasteiger partial charge is 0.373 e. The molecule has 0 unspecified atom stereocenters. The lowest BCUT2D eigenvalue weighted by molar-refractivity contribution is -0.385. The van der Waals surface area contributed by atoms with E-state index in [1.807, 2.05) is 0 Å². The molecule has 21 heavy (non-hydrogen) atoms. The number of rotatable bonds is 4. The monoisotopic (exact) mass is 307 g/mol. The van der Waals surface area contributed by atoms with Crippen molar-refractivity contribution in [2.75, 3.05) is 17.7 Å². The number of aromatic nitrogens is 2. The first-order chi connectivity index (χ1) is 10.0. The van der Waals surface area contributed by atoms with Gasteiger partial charge in [-0.05, 0) is 12.1 Å². The summed E-state index contributed by atoms with van der Waals surface area (Å²) in [6.07, 6.45) is 2.38. The van der Waals surface area contributed by atoms with E-state index in [1.54, 1.807) is 13.1 Å². The van der Waals surface area contributed by atoms with Gasteiger partial charge in [-0.2, -0.15) is 0 Å². The number of nitrogens with one attached hydrogen (secondary N) is 2. The summed E-state index contributed by atoms with van der Waals surface area (Å²) in [6, 6.07) is 4.33. The van der Waals surface area contributed by atoms with Gasteiger partial charge in [0, 0.05) is 19.3 Å². The Hall–Kier alpha value is -2.74. The smallest absolute Gasteiger partial charge is 0.300 e. The number of halogens is 1. The van der Waals surface area contributed by atoms with Gasteiger partial charge in [-0.25, -0.2) is 9.97 Å². The predicted molar refractivity (Wildman–Crippen MR) is 77.6 cm³/mol. The number of anilines is 2. The minimum atomic E-state index is -0.670. The van der Waals surface area contributed by atoms with E-state index in [2.05, 4.69) is 20.6 Å². The van der Waals surface area contributed by atoms with Gasteiger partial charge in [0.05, 0.1) is 9.95 Å². The third-order valence-corrected chi connectivity index (χ3v) is 2.77. The molecule has 0 bridgehead atoms. The number of carbonyl (C=O) groups is 1. The molecule has 108 valence electrons. The van der Waals surface area contributed by atoms with Crippen molar-refractivity contribution >= 4 is 34.8 Å². The Morgan fingerprint density at radius 2 is 2.00 bits per heavy atom. The van der Waals surface area contributed by atoms with Crippen LogP contribution in [0.5, 0.6) is 0 Å². The van der Waals surface area contributed by atoms with Crippen LogP contribution in [0.4, 0.5) is 17.3 Å². The highest BCUT2D eigenvalue weighted by Crippen LogP contribution is 2.21. The number of nitrogens with zero attached hydrogens (tertiary/aromatic N) is 3. The summed E-state index contributed by atoms with van der Waals surface area (Å²) in [5.41, 5.74) is -0.503. The number of amides is 1. The van der Waals surface area contributed by atoms with Crippen LogP contribution in [0.25, 0.3) is 0 Å². The van der Waals surface area contributed by atoms with E-state index in [0.717, 1.165) is 6.20 Å². The van der Waals surface area contributed by atoms with E-state index in [9.17, 15) is 14.9 Å². The SMILES string of the molecule is CNc1cc(C(=O)Nc2ccc(Cl)cn2)c([N+](=O)[O-])cn1. The maximum Gasteiger partial charge on any atom is 0.300 e. The summed E-state index contributed by atoms with van der Waals surface area (Å²) in [7, 11) is 1.59. The zero-order valence-electron chi connectivity index (χ0n) is 10.8. The molecule has 0 saturated carbocycles. The summed E-state index contributed by atoms with van der Waals surface area (Å²) < 4.78 is 0. The molecule has 0 aliphatic carbocycles. The zero-order chi connectivity index (χ0) is 15.4. The Labute approximate surface area is 124 Å². The third kappa shape index (κ3) is 3.42. The average molecular weight is 308 g/mol. The Morgan fingerprint density at radius 3 is 2.57 bits per heavy atom. The molecule has 0 fully saturated rings. The molecule has 2 heterocycles. The van der Waals surface area contributed by atoms with E-state index < -0.39 is 10.8 Å². The fraction of sp³-hybridized carbons (Fsp3) is 0.0833. The highest BCUT2D eigenvalue weighted by Gasteiger charge is 2.21.